The number of benzene rings is 1. The molecule has 0 aliphatic carbocycles. The van der Waals surface area contributed by atoms with E-state index >= 15 is 0 Å². The predicted molar refractivity (Wildman–Crippen MR) is 97.9 cm³/mol. The van der Waals surface area contributed by atoms with Crippen LogP contribution in [0.4, 0.5) is 0 Å². The first-order valence-electron chi connectivity index (χ1n) is 8.94. The lowest BCUT2D eigenvalue weighted by Crippen LogP contribution is -2.28. The van der Waals surface area contributed by atoms with Crippen LogP contribution in [0.2, 0.25) is 0 Å². The molecular formula is C20H25N3O2. The molecule has 0 bridgehead atoms. The van der Waals surface area contributed by atoms with E-state index in [4.69, 9.17) is 4.74 Å². The van der Waals surface area contributed by atoms with E-state index in [1.165, 1.54) is 25.9 Å². The molecule has 2 aromatic rings. The fraction of sp³-hybridized carbons (Fsp3) is 0.400. The third-order valence-electron chi connectivity index (χ3n) is 4.37. The molecule has 0 unspecified atom stereocenters. The third-order valence-corrected chi connectivity index (χ3v) is 4.37. The molecule has 0 saturated carbocycles. The van der Waals surface area contributed by atoms with Crippen molar-refractivity contribution in [1.29, 1.82) is 0 Å². The number of nitrogens with zero attached hydrogens (tertiary/aromatic N) is 2. The molecule has 1 saturated heterocycles. The Morgan fingerprint density at radius 3 is 2.64 bits per heavy atom. The highest BCUT2D eigenvalue weighted by Crippen LogP contribution is 2.09. The van der Waals surface area contributed by atoms with Crippen molar-refractivity contribution in [3.05, 3.63) is 59.9 Å². The number of aromatic nitrogens is 1. The van der Waals surface area contributed by atoms with Gasteiger partial charge in [-0.1, -0.05) is 18.2 Å². The molecule has 0 spiro atoms. The van der Waals surface area contributed by atoms with Gasteiger partial charge in [0.25, 0.3) is 5.91 Å². The van der Waals surface area contributed by atoms with Crippen LogP contribution >= 0.6 is 0 Å². The lowest BCUT2D eigenvalue weighted by atomic mass is 10.2. The number of rotatable bonds is 8. The fourth-order valence-electron chi connectivity index (χ4n) is 2.94. The summed E-state index contributed by atoms with van der Waals surface area (Å²) in [5, 5.41) is 2.85. The van der Waals surface area contributed by atoms with Gasteiger partial charge in [-0.3, -0.25) is 9.78 Å². The Bertz CT molecular complexity index is 652. The van der Waals surface area contributed by atoms with Crippen LogP contribution in [0.1, 0.15) is 28.9 Å². The van der Waals surface area contributed by atoms with Crippen LogP contribution in [0.15, 0.2) is 48.7 Å². The first-order valence-corrected chi connectivity index (χ1v) is 8.94. The van der Waals surface area contributed by atoms with Gasteiger partial charge in [0.15, 0.2) is 0 Å². The molecule has 5 nitrogen and oxygen atoms in total. The second kappa shape index (κ2) is 9.18. The van der Waals surface area contributed by atoms with Crippen LogP contribution in [0.3, 0.4) is 0 Å². The number of hydrogen-bond donors (Lipinski definition) is 1. The Kier molecular flexibility index (Phi) is 6.40. The molecule has 1 aliphatic heterocycles. The number of pyridine rings is 1. The Balaban J connectivity index is 1.38. The Morgan fingerprint density at radius 2 is 1.92 bits per heavy atom. The second-order valence-electron chi connectivity index (χ2n) is 6.25. The van der Waals surface area contributed by atoms with E-state index in [1.807, 2.05) is 42.5 Å². The number of hydrogen-bond acceptors (Lipinski definition) is 4. The number of carbonyl (C=O) groups is 1. The average Bonchev–Trinajstić information content (AvgIpc) is 3.18. The predicted octanol–water partition coefficient (Wildman–Crippen LogP) is 2.53. The number of ether oxygens (including phenoxy) is 1. The van der Waals surface area contributed by atoms with Crippen molar-refractivity contribution >= 4 is 5.91 Å². The Hall–Kier alpha value is -2.40. The number of para-hydroxylation sites is 1. The fourth-order valence-corrected chi connectivity index (χ4v) is 2.94. The topological polar surface area (TPSA) is 54.5 Å². The molecule has 0 atom stereocenters. The highest BCUT2D eigenvalue weighted by atomic mass is 16.5. The summed E-state index contributed by atoms with van der Waals surface area (Å²) in [5.41, 5.74) is 1.63. The van der Waals surface area contributed by atoms with Gasteiger partial charge in [-0.15, -0.1) is 0 Å². The SMILES string of the molecule is O=C(NCCOc1ccccc1)c1ccc(CCN2CCCC2)nc1. The van der Waals surface area contributed by atoms with Crippen molar-refractivity contribution in [2.24, 2.45) is 0 Å². The maximum Gasteiger partial charge on any atom is 0.252 e. The number of carbonyl (C=O) groups excluding carboxylic acids is 1. The van der Waals surface area contributed by atoms with Gasteiger partial charge in [-0.2, -0.15) is 0 Å². The molecule has 25 heavy (non-hydrogen) atoms. The number of amides is 1. The molecule has 1 aromatic carbocycles. The van der Waals surface area contributed by atoms with Crippen molar-refractivity contribution in [2.45, 2.75) is 19.3 Å². The molecule has 2 heterocycles. The summed E-state index contributed by atoms with van der Waals surface area (Å²) in [4.78, 5) is 19.0. The molecule has 1 N–H and O–H groups in total. The van der Waals surface area contributed by atoms with Gasteiger partial charge in [0.2, 0.25) is 0 Å². The van der Waals surface area contributed by atoms with E-state index in [0.29, 0.717) is 18.7 Å². The highest BCUT2D eigenvalue weighted by Gasteiger charge is 2.11. The molecule has 132 valence electrons. The summed E-state index contributed by atoms with van der Waals surface area (Å²) in [5.74, 6) is 0.691. The van der Waals surface area contributed by atoms with Crippen LogP contribution in [-0.4, -0.2) is 48.6 Å². The smallest absolute Gasteiger partial charge is 0.252 e. The van der Waals surface area contributed by atoms with Crippen molar-refractivity contribution in [2.75, 3.05) is 32.8 Å². The molecule has 1 aliphatic rings. The number of likely N-dealkylation sites (tertiary alicyclic amines) is 1. The van der Waals surface area contributed by atoms with Crippen molar-refractivity contribution < 1.29 is 9.53 Å². The first-order chi connectivity index (χ1) is 12.3. The average molecular weight is 339 g/mol. The zero-order valence-electron chi connectivity index (χ0n) is 14.5. The van der Waals surface area contributed by atoms with Crippen molar-refractivity contribution in [3.8, 4) is 5.75 Å². The quantitative estimate of drug-likeness (QED) is 0.751. The number of nitrogens with one attached hydrogen (secondary N) is 1. The Labute approximate surface area is 149 Å². The van der Waals surface area contributed by atoms with Crippen LogP contribution in [0, 0.1) is 0 Å². The maximum absolute atomic E-state index is 12.1. The van der Waals surface area contributed by atoms with E-state index < -0.39 is 0 Å². The normalized spacial score (nSPS) is 14.4. The van der Waals surface area contributed by atoms with Gasteiger partial charge in [-0.25, -0.2) is 0 Å². The highest BCUT2D eigenvalue weighted by molar-refractivity contribution is 5.93. The van der Waals surface area contributed by atoms with E-state index in [-0.39, 0.29) is 5.91 Å². The van der Waals surface area contributed by atoms with Crippen LogP contribution in [0.5, 0.6) is 5.75 Å². The summed E-state index contributed by atoms with van der Waals surface area (Å²) < 4.78 is 5.56. The van der Waals surface area contributed by atoms with Crippen molar-refractivity contribution in [3.63, 3.8) is 0 Å². The van der Waals surface area contributed by atoms with E-state index in [1.54, 1.807) is 6.20 Å². The van der Waals surface area contributed by atoms with E-state index in [0.717, 1.165) is 24.4 Å². The largest absolute Gasteiger partial charge is 0.492 e. The summed E-state index contributed by atoms with van der Waals surface area (Å²) in [6.07, 6.45) is 5.21. The van der Waals surface area contributed by atoms with Crippen LogP contribution < -0.4 is 10.1 Å². The zero-order chi connectivity index (χ0) is 17.3. The summed E-state index contributed by atoms with van der Waals surface area (Å²) in [6.45, 7) is 4.36. The molecule has 3 rings (SSSR count). The molecule has 5 heteroatoms. The minimum absolute atomic E-state index is 0.116. The van der Waals surface area contributed by atoms with Crippen molar-refractivity contribution in [1.82, 2.24) is 15.2 Å². The van der Waals surface area contributed by atoms with Crippen LogP contribution in [-0.2, 0) is 6.42 Å². The molecule has 1 aromatic heterocycles. The second-order valence-corrected chi connectivity index (χ2v) is 6.25. The summed E-state index contributed by atoms with van der Waals surface area (Å²) in [6, 6.07) is 13.4. The minimum atomic E-state index is -0.116. The molecule has 1 amide bonds. The minimum Gasteiger partial charge on any atom is -0.492 e. The molecule has 0 radical (unpaired) electrons. The van der Waals surface area contributed by atoms with Gasteiger partial charge in [0, 0.05) is 24.9 Å². The zero-order valence-corrected chi connectivity index (χ0v) is 14.5. The van der Waals surface area contributed by atoms with E-state index in [2.05, 4.69) is 15.2 Å². The third kappa shape index (κ3) is 5.57. The maximum atomic E-state index is 12.1. The van der Waals surface area contributed by atoms with E-state index in [9.17, 15) is 4.79 Å². The van der Waals surface area contributed by atoms with Gasteiger partial charge in [-0.05, 0) is 50.2 Å². The molecule has 1 fully saturated rings. The first kappa shape index (κ1) is 17.4. The van der Waals surface area contributed by atoms with Gasteiger partial charge >= 0.3 is 0 Å². The lowest BCUT2D eigenvalue weighted by molar-refractivity contribution is 0.0946. The van der Waals surface area contributed by atoms with Gasteiger partial charge in [0.1, 0.15) is 12.4 Å². The lowest BCUT2D eigenvalue weighted by Gasteiger charge is -2.13. The summed E-state index contributed by atoms with van der Waals surface area (Å²) >= 11 is 0. The Morgan fingerprint density at radius 1 is 1.12 bits per heavy atom. The summed E-state index contributed by atoms with van der Waals surface area (Å²) in [7, 11) is 0. The van der Waals surface area contributed by atoms with Crippen LogP contribution in [0.25, 0.3) is 0 Å². The standard InChI is InChI=1S/C20H25N3O2/c24-20(21-11-15-25-19-6-2-1-3-7-19)17-8-9-18(22-16-17)10-14-23-12-4-5-13-23/h1-3,6-9,16H,4-5,10-15H2,(H,21,24). The van der Waals surface area contributed by atoms with Gasteiger partial charge in [0.05, 0.1) is 12.1 Å². The monoisotopic (exact) mass is 339 g/mol. The van der Waals surface area contributed by atoms with Gasteiger partial charge < -0.3 is 15.0 Å². The molecular weight excluding hydrogens is 314 g/mol.